The molecule has 2 amide bonds. The number of hydrogen-bond donors (Lipinski definition) is 0. The van der Waals surface area contributed by atoms with E-state index >= 15 is 0 Å². The zero-order valence-corrected chi connectivity index (χ0v) is 18.2. The van der Waals surface area contributed by atoms with E-state index < -0.39 is 10.7 Å². The van der Waals surface area contributed by atoms with Crippen LogP contribution in [0.25, 0.3) is 0 Å². The van der Waals surface area contributed by atoms with E-state index in [-0.39, 0.29) is 24.2 Å². The summed E-state index contributed by atoms with van der Waals surface area (Å²) >= 11 is 1.43. The molecule has 4 nitrogen and oxygen atoms in total. The Kier molecular flexibility index (Phi) is 5.01. The van der Waals surface area contributed by atoms with Gasteiger partial charge in [-0.1, -0.05) is 29.8 Å². The molecule has 3 aromatic rings. The Morgan fingerprint density at radius 3 is 2.56 bits per heavy atom. The Morgan fingerprint density at radius 1 is 1.03 bits per heavy atom. The predicted octanol–water partition coefficient (Wildman–Crippen LogP) is 4.86. The van der Waals surface area contributed by atoms with Crippen molar-refractivity contribution < 1.29 is 18.4 Å². The molecule has 5 rings (SSSR count). The normalized spacial score (nSPS) is 19.7. The monoisotopic (exact) mass is 450 g/mol. The smallest absolute Gasteiger partial charge is 0.268 e. The molecule has 0 unspecified atom stereocenters. The van der Waals surface area contributed by atoms with E-state index in [0.717, 1.165) is 16.8 Å². The molecule has 162 valence electrons. The first-order chi connectivity index (χ1) is 15.4. The number of carbonyl (C=O) groups excluding carboxylic acids is 2. The van der Waals surface area contributed by atoms with Crippen LogP contribution in [0.1, 0.15) is 27.0 Å². The maximum absolute atomic E-state index is 13.9. The van der Waals surface area contributed by atoms with Gasteiger partial charge >= 0.3 is 0 Å². The van der Waals surface area contributed by atoms with E-state index in [0.29, 0.717) is 23.4 Å². The summed E-state index contributed by atoms with van der Waals surface area (Å²) in [7, 11) is 0. The third kappa shape index (κ3) is 3.19. The molecular formula is C25H20F2N2O2S. The number of hydrogen-bond acceptors (Lipinski definition) is 3. The summed E-state index contributed by atoms with van der Waals surface area (Å²) in [6.45, 7) is 2.54. The molecule has 0 aromatic heterocycles. The van der Waals surface area contributed by atoms with E-state index in [1.54, 1.807) is 21.9 Å². The molecule has 0 radical (unpaired) electrons. The summed E-state index contributed by atoms with van der Waals surface area (Å²) in [5, 5.41) is 0. The fourth-order valence-electron chi connectivity index (χ4n) is 4.45. The number of benzene rings is 3. The lowest BCUT2D eigenvalue weighted by Crippen LogP contribution is -2.50. The number of anilines is 1. The standard InChI is InChI=1S/C25H20F2N2O2S/c1-16-5-10-22-21(13-16)25(24(31)28(22)15-17-3-2-4-20(27)14-17)29(11-12-32-25)23(30)18-6-8-19(26)9-7-18/h2-10,13-14H,11-12,15H2,1H3/t25-/m1/s1. The lowest BCUT2D eigenvalue weighted by atomic mass is 10.0. The van der Waals surface area contributed by atoms with Crippen molar-refractivity contribution >= 4 is 29.3 Å². The first kappa shape index (κ1) is 20.7. The van der Waals surface area contributed by atoms with Crippen molar-refractivity contribution in [1.82, 2.24) is 4.90 Å². The van der Waals surface area contributed by atoms with Crippen molar-refractivity contribution in [3.63, 3.8) is 0 Å². The minimum atomic E-state index is -1.19. The summed E-state index contributed by atoms with van der Waals surface area (Å²) < 4.78 is 27.2. The fourth-order valence-corrected chi connectivity index (χ4v) is 5.90. The zero-order chi connectivity index (χ0) is 22.5. The highest BCUT2D eigenvalue weighted by Gasteiger charge is 2.59. The number of fused-ring (bicyclic) bond motifs is 2. The average Bonchev–Trinajstić information content (AvgIpc) is 3.31. The van der Waals surface area contributed by atoms with Crippen LogP contribution >= 0.6 is 11.8 Å². The Balaban J connectivity index is 1.59. The molecule has 1 saturated heterocycles. The van der Waals surface area contributed by atoms with Crippen molar-refractivity contribution in [3.05, 3.63) is 101 Å². The Morgan fingerprint density at radius 2 is 1.81 bits per heavy atom. The highest BCUT2D eigenvalue weighted by atomic mass is 32.2. The second-order valence-corrected chi connectivity index (χ2v) is 9.29. The number of amides is 2. The van der Waals surface area contributed by atoms with Gasteiger partial charge in [-0.2, -0.15) is 0 Å². The minimum absolute atomic E-state index is 0.202. The van der Waals surface area contributed by atoms with Crippen molar-refractivity contribution in [2.24, 2.45) is 0 Å². The second-order valence-electron chi connectivity index (χ2n) is 8.00. The van der Waals surface area contributed by atoms with Gasteiger partial charge in [0.15, 0.2) is 4.87 Å². The minimum Gasteiger partial charge on any atom is -0.311 e. The van der Waals surface area contributed by atoms with Crippen LogP contribution in [0.3, 0.4) is 0 Å². The van der Waals surface area contributed by atoms with Crippen LogP contribution in [0, 0.1) is 18.6 Å². The van der Waals surface area contributed by atoms with Crippen molar-refractivity contribution in [2.45, 2.75) is 18.3 Å². The maximum Gasteiger partial charge on any atom is 0.268 e. The van der Waals surface area contributed by atoms with Gasteiger partial charge in [-0.3, -0.25) is 9.59 Å². The number of nitrogens with zero attached hydrogens (tertiary/aromatic N) is 2. The molecule has 32 heavy (non-hydrogen) atoms. The molecule has 1 spiro atoms. The molecule has 1 fully saturated rings. The summed E-state index contributed by atoms with van der Waals surface area (Å²) in [5.41, 5.74) is 3.46. The van der Waals surface area contributed by atoms with Gasteiger partial charge in [0.25, 0.3) is 11.8 Å². The third-order valence-electron chi connectivity index (χ3n) is 5.91. The number of rotatable bonds is 3. The topological polar surface area (TPSA) is 40.6 Å². The van der Waals surface area contributed by atoms with Crippen LogP contribution in [0.5, 0.6) is 0 Å². The van der Waals surface area contributed by atoms with Crippen LogP contribution in [0.2, 0.25) is 0 Å². The van der Waals surface area contributed by atoms with Crippen LogP contribution in [-0.2, 0) is 16.2 Å². The highest BCUT2D eigenvalue weighted by molar-refractivity contribution is 8.01. The molecule has 3 aromatic carbocycles. The first-order valence-electron chi connectivity index (χ1n) is 10.3. The van der Waals surface area contributed by atoms with Crippen LogP contribution < -0.4 is 4.90 Å². The Bertz CT molecular complexity index is 1230. The lowest BCUT2D eigenvalue weighted by molar-refractivity contribution is -0.123. The molecule has 2 heterocycles. The molecule has 0 bridgehead atoms. The van der Waals surface area contributed by atoms with Crippen LogP contribution in [-0.4, -0.2) is 29.0 Å². The molecule has 2 aliphatic rings. The van der Waals surface area contributed by atoms with Gasteiger partial charge in [0, 0.05) is 23.4 Å². The zero-order valence-electron chi connectivity index (χ0n) is 17.3. The Hall–Kier alpha value is -3.19. The molecule has 0 N–H and O–H groups in total. The van der Waals surface area contributed by atoms with E-state index in [2.05, 4.69) is 0 Å². The highest BCUT2D eigenvalue weighted by Crippen LogP contribution is 2.55. The van der Waals surface area contributed by atoms with E-state index in [9.17, 15) is 18.4 Å². The van der Waals surface area contributed by atoms with Gasteiger partial charge < -0.3 is 9.80 Å². The third-order valence-corrected chi connectivity index (χ3v) is 7.33. The van der Waals surface area contributed by atoms with Gasteiger partial charge in [-0.05, 0) is 55.0 Å². The maximum atomic E-state index is 13.9. The fraction of sp³-hybridized carbons (Fsp3) is 0.200. The summed E-state index contributed by atoms with van der Waals surface area (Å²) in [5.74, 6) is -0.730. The average molecular weight is 451 g/mol. The van der Waals surface area contributed by atoms with Crippen molar-refractivity contribution in [1.29, 1.82) is 0 Å². The summed E-state index contributed by atoms with van der Waals surface area (Å²) in [6, 6.07) is 17.3. The second kappa shape index (κ2) is 7.74. The molecule has 7 heteroatoms. The van der Waals surface area contributed by atoms with E-state index in [4.69, 9.17) is 0 Å². The van der Waals surface area contributed by atoms with Crippen LogP contribution in [0.15, 0.2) is 66.7 Å². The molecule has 0 saturated carbocycles. The van der Waals surface area contributed by atoms with Crippen molar-refractivity contribution in [2.75, 3.05) is 17.2 Å². The van der Waals surface area contributed by atoms with Gasteiger partial charge in [0.2, 0.25) is 0 Å². The molecule has 1 atom stereocenters. The lowest BCUT2D eigenvalue weighted by Gasteiger charge is -2.33. The number of halogens is 2. The SMILES string of the molecule is Cc1ccc2c(c1)[C@@]1(SCCN1C(=O)c1ccc(F)cc1)C(=O)N2Cc1cccc(F)c1. The first-order valence-corrected chi connectivity index (χ1v) is 11.3. The van der Waals surface area contributed by atoms with Gasteiger partial charge in [0.1, 0.15) is 11.6 Å². The number of carbonyl (C=O) groups is 2. The van der Waals surface area contributed by atoms with Gasteiger partial charge in [0.05, 0.1) is 12.2 Å². The van der Waals surface area contributed by atoms with E-state index in [1.165, 1.54) is 48.2 Å². The number of aryl methyl sites for hydroxylation is 1. The van der Waals surface area contributed by atoms with Gasteiger partial charge in [-0.25, -0.2) is 8.78 Å². The quantitative estimate of drug-likeness (QED) is 0.572. The number of thioether (sulfide) groups is 1. The van der Waals surface area contributed by atoms with Crippen LogP contribution in [0.4, 0.5) is 14.5 Å². The molecule has 0 aliphatic carbocycles. The van der Waals surface area contributed by atoms with Gasteiger partial charge in [-0.15, -0.1) is 11.8 Å². The summed E-state index contributed by atoms with van der Waals surface area (Å²) in [6.07, 6.45) is 0. The molecule has 2 aliphatic heterocycles. The van der Waals surface area contributed by atoms with E-state index in [1.807, 2.05) is 25.1 Å². The molecular weight excluding hydrogens is 430 g/mol. The van der Waals surface area contributed by atoms with Crippen molar-refractivity contribution in [3.8, 4) is 0 Å². The largest absolute Gasteiger partial charge is 0.311 e. The Labute approximate surface area is 188 Å². The predicted molar refractivity (Wildman–Crippen MR) is 120 cm³/mol. The summed E-state index contributed by atoms with van der Waals surface area (Å²) in [4.78, 5) is 29.4.